The molecular formula is C46H81O13P. The number of esters is 2. The second kappa shape index (κ2) is 36.3. The third-order valence-corrected chi connectivity index (χ3v) is 11.4. The maximum atomic E-state index is 12.8. The molecule has 60 heavy (non-hydrogen) atoms. The van der Waals surface area contributed by atoms with Crippen LogP contribution in [0.3, 0.4) is 0 Å². The van der Waals surface area contributed by atoms with Crippen molar-refractivity contribution in [3.63, 3.8) is 0 Å². The van der Waals surface area contributed by atoms with Crippen LogP contribution >= 0.6 is 7.82 Å². The van der Waals surface area contributed by atoms with Crippen molar-refractivity contribution in [1.29, 1.82) is 0 Å². The third-order valence-electron chi connectivity index (χ3n) is 10.4. The molecule has 6 N–H and O–H groups in total. The van der Waals surface area contributed by atoms with Crippen LogP contribution in [0.15, 0.2) is 48.6 Å². The molecule has 0 spiro atoms. The SMILES string of the molecule is CCCCC/C=C/C/C=C/C/C=C/C/C=C/CCCC(=O)OC[C@@H](COP(=O)(O)OC1C(O)C(O)C(O)[C@H](O)C1O)OC(=O)CCCCCCCCCCCCCCCC. The van der Waals surface area contributed by atoms with Crippen molar-refractivity contribution in [3.8, 4) is 0 Å². The molecule has 0 aromatic rings. The summed E-state index contributed by atoms with van der Waals surface area (Å²) in [4.78, 5) is 35.6. The Bertz CT molecular complexity index is 1240. The summed E-state index contributed by atoms with van der Waals surface area (Å²) in [7, 11) is -5.13. The number of ether oxygens (including phenoxy) is 2. The van der Waals surface area contributed by atoms with Crippen molar-refractivity contribution in [2.24, 2.45) is 0 Å². The summed E-state index contributed by atoms with van der Waals surface area (Å²) in [5.41, 5.74) is 0. The number of hydrogen-bond donors (Lipinski definition) is 6. The number of aliphatic hydroxyl groups excluding tert-OH is 5. The van der Waals surface area contributed by atoms with E-state index in [0.29, 0.717) is 19.3 Å². The Labute approximate surface area is 360 Å². The Balaban J connectivity index is 2.51. The first kappa shape index (κ1) is 55.8. The lowest BCUT2D eigenvalue weighted by Crippen LogP contribution is -2.64. The van der Waals surface area contributed by atoms with Gasteiger partial charge < -0.3 is 39.9 Å². The van der Waals surface area contributed by atoms with Crippen LogP contribution in [-0.4, -0.2) is 98.3 Å². The van der Waals surface area contributed by atoms with E-state index in [1.54, 1.807) is 0 Å². The van der Waals surface area contributed by atoms with Crippen LogP contribution in [-0.2, 0) is 32.7 Å². The van der Waals surface area contributed by atoms with Gasteiger partial charge in [-0.05, 0) is 51.4 Å². The van der Waals surface area contributed by atoms with Crippen LogP contribution in [0.4, 0.5) is 0 Å². The fraction of sp³-hybridized carbons (Fsp3) is 0.783. The molecule has 1 aliphatic rings. The van der Waals surface area contributed by atoms with E-state index >= 15 is 0 Å². The summed E-state index contributed by atoms with van der Waals surface area (Å²) in [6.45, 7) is 3.22. The maximum absolute atomic E-state index is 12.8. The number of carbonyl (C=O) groups excluding carboxylic acids is 2. The predicted molar refractivity (Wildman–Crippen MR) is 235 cm³/mol. The third kappa shape index (κ3) is 28.4. The molecule has 0 aliphatic heterocycles. The zero-order chi connectivity index (χ0) is 44.3. The zero-order valence-corrected chi connectivity index (χ0v) is 37.6. The number of allylic oxidation sites excluding steroid dienone is 8. The van der Waals surface area contributed by atoms with Crippen molar-refractivity contribution < 1.29 is 63.1 Å². The van der Waals surface area contributed by atoms with E-state index < -0.39 is 75.7 Å². The van der Waals surface area contributed by atoms with Gasteiger partial charge in [0.25, 0.3) is 0 Å². The number of phosphoric acid groups is 1. The molecule has 0 heterocycles. The summed E-state index contributed by atoms with van der Waals surface area (Å²) in [6.07, 6.45) is 28.8. The minimum absolute atomic E-state index is 0.0867. The zero-order valence-electron chi connectivity index (χ0n) is 36.7. The predicted octanol–water partition coefficient (Wildman–Crippen LogP) is 8.78. The summed E-state index contributed by atoms with van der Waals surface area (Å²) in [5.74, 6) is -1.16. The van der Waals surface area contributed by atoms with Crippen molar-refractivity contribution in [2.45, 2.75) is 217 Å². The quantitative estimate of drug-likeness (QED) is 0.0149. The average Bonchev–Trinajstić information content (AvgIpc) is 3.23. The van der Waals surface area contributed by atoms with Crippen LogP contribution < -0.4 is 0 Å². The van der Waals surface area contributed by atoms with Gasteiger partial charge in [-0.3, -0.25) is 18.6 Å². The first-order valence-electron chi connectivity index (χ1n) is 22.9. The normalized spacial score (nSPS) is 22.6. The van der Waals surface area contributed by atoms with E-state index in [4.69, 9.17) is 18.5 Å². The molecule has 348 valence electrons. The number of rotatable bonds is 37. The van der Waals surface area contributed by atoms with Crippen LogP contribution in [0.5, 0.6) is 0 Å². The van der Waals surface area contributed by atoms with Crippen molar-refractivity contribution in [2.75, 3.05) is 13.2 Å². The standard InChI is InChI=1S/C46H81O13P/c1-3-5-7-9-11-13-15-17-19-20-21-23-24-26-28-30-32-34-39(47)56-36-38(37-57-60(54,55)59-46-44(52)42(50)41(49)43(51)45(46)53)58-40(48)35-33-31-29-27-25-22-18-16-14-12-10-8-6-4-2/h11,13,17,19,21,23,26,28,38,41-46,49-53H,3-10,12,14-16,18,20,22,24-25,27,29-37H2,1-2H3,(H,54,55)/b13-11+,19-17+,23-21+,28-26+/t38-,41?,42-,43?,44?,45?,46?/m0/s1. The molecule has 1 rings (SSSR count). The second-order valence-electron chi connectivity index (χ2n) is 15.9. The highest BCUT2D eigenvalue weighted by Gasteiger charge is 2.51. The van der Waals surface area contributed by atoms with Crippen LogP contribution in [0, 0.1) is 0 Å². The van der Waals surface area contributed by atoms with Crippen molar-refractivity contribution in [1.82, 2.24) is 0 Å². The number of unbranched alkanes of at least 4 members (excludes halogenated alkanes) is 17. The lowest BCUT2D eigenvalue weighted by atomic mass is 9.85. The van der Waals surface area contributed by atoms with Crippen LogP contribution in [0.2, 0.25) is 0 Å². The number of carbonyl (C=O) groups is 2. The monoisotopic (exact) mass is 873 g/mol. The minimum Gasteiger partial charge on any atom is -0.462 e. The van der Waals surface area contributed by atoms with E-state index in [1.807, 2.05) is 12.2 Å². The first-order chi connectivity index (χ1) is 28.9. The van der Waals surface area contributed by atoms with Gasteiger partial charge in [-0.15, -0.1) is 0 Å². The molecule has 0 radical (unpaired) electrons. The van der Waals surface area contributed by atoms with Crippen molar-refractivity contribution in [3.05, 3.63) is 48.6 Å². The topological polar surface area (TPSA) is 210 Å². The summed E-state index contributed by atoms with van der Waals surface area (Å²) in [6, 6.07) is 0. The lowest BCUT2D eigenvalue weighted by Gasteiger charge is -2.41. The second-order valence-corrected chi connectivity index (χ2v) is 17.3. The van der Waals surface area contributed by atoms with E-state index in [-0.39, 0.29) is 12.8 Å². The van der Waals surface area contributed by atoms with Gasteiger partial charge in [0.2, 0.25) is 0 Å². The first-order valence-corrected chi connectivity index (χ1v) is 24.4. The molecule has 1 fully saturated rings. The molecule has 0 aromatic carbocycles. The van der Waals surface area contributed by atoms with E-state index in [9.17, 15) is 44.6 Å². The molecule has 0 aromatic heterocycles. The lowest BCUT2D eigenvalue weighted by molar-refractivity contribution is -0.220. The van der Waals surface area contributed by atoms with Crippen molar-refractivity contribution >= 4 is 19.8 Å². The van der Waals surface area contributed by atoms with Gasteiger partial charge in [-0.25, -0.2) is 4.57 Å². The molecule has 13 nitrogen and oxygen atoms in total. The van der Waals surface area contributed by atoms with Gasteiger partial charge in [0.15, 0.2) is 6.10 Å². The summed E-state index contributed by atoms with van der Waals surface area (Å²) < 4.78 is 33.4. The maximum Gasteiger partial charge on any atom is 0.472 e. The van der Waals surface area contributed by atoms with Gasteiger partial charge >= 0.3 is 19.8 Å². The van der Waals surface area contributed by atoms with E-state index in [2.05, 4.69) is 50.3 Å². The Hall–Kier alpha value is -2.19. The fourth-order valence-corrected chi connectivity index (χ4v) is 7.66. The van der Waals surface area contributed by atoms with Crippen LogP contribution in [0.1, 0.15) is 174 Å². The molecular weight excluding hydrogens is 791 g/mol. The summed E-state index contributed by atoms with van der Waals surface area (Å²) in [5, 5.41) is 50.1. The minimum atomic E-state index is -5.13. The molecule has 6 unspecified atom stereocenters. The highest BCUT2D eigenvalue weighted by Crippen LogP contribution is 2.47. The molecule has 0 bridgehead atoms. The molecule has 0 amide bonds. The van der Waals surface area contributed by atoms with Gasteiger partial charge in [0, 0.05) is 12.8 Å². The smallest absolute Gasteiger partial charge is 0.462 e. The highest BCUT2D eigenvalue weighted by molar-refractivity contribution is 7.47. The average molecular weight is 873 g/mol. The molecule has 8 atom stereocenters. The molecule has 1 aliphatic carbocycles. The Morgan fingerprint density at radius 3 is 1.42 bits per heavy atom. The summed E-state index contributed by atoms with van der Waals surface area (Å²) >= 11 is 0. The van der Waals surface area contributed by atoms with Gasteiger partial charge in [-0.1, -0.05) is 159 Å². The largest absolute Gasteiger partial charge is 0.472 e. The Kier molecular flexibility index (Phi) is 33.8. The van der Waals surface area contributed by atoms with E-state index in [1.165, 1.54) is 77.0 Å². The number of aliphatic hydroxyl groups is 5. The van der Waals surface area contributed by atoms with Gasteiger partial charge in [0.1, 0.15) is 43.2 Å². The molecule has 0 saturated heterocycles. The fourth-order valence-electron chi connectivity index (χ4n) is 6.69. The highest BCUT2D eigenvalue weighted by atomic mass is 31.2. The van der Waals surface area contributed by atoms with Gasteiger partial charge in [0.05, 0.1) is 6.61 Å². The Morgan fingerprint density at radius 1 is 0.517 bits per heavy atom. The Morgan fingerprint density at radius 2 is 0.917 bits per heavy atom. The molecule has 1 saturated carbocycles. The van der Waals surface area contributed by atoms with E-state index in [0.717, 1.165) is 51.4 Å². The van der Waals surface area contributed by atoms with Gasteiger partial charge in [-0.2, -0.15) is 0 Å². The molecule has 14 heteroatoms. The number of phosphoric ester groups is 1. The van der Waals surface area contributed by atoms with Crippen LogP contribution in [0.25, 0.3) is 0 Å². The number of hydrogen-bond acceptors (Lipinski definition) is 12.